The third-order valence-electron chi connectivity index (χ3n) is 2.22. The topological polar surface area (TPSA) is 77.9 Å². The first-order valence-electron chi connectivity index (χ1n) is 5.39. The Morgan fingerprint density at radius 1 is 1.50 bits per heavy atom. The number of halogens is 2. The first kappa shape index (κ1) is 14.3. The fourth-order valence-electron chi connectivity index (χ4n) is 1.29. The second-order valence-electron chi connectivity index (χ2n) is 3.55. The first-order chi connectivity index (χ1) is 8.65. The van der Waals surface area contributed by atoms with Gasteiger partial charge in [-0.15, -0.1) is 0 Å². The van der Waals surface area contributed by atoms with Crippen LogP contribution in [0.2, 0.25) is 5.02 Å². The number of unbranched alkanes of at least 4 members (excludes halogenated alkanes) is 1. The number of rotatable bonds is 6. The van der Waals surface area contributed by atoms with Crippen LogP contribution in [0.1, 0.15) is 23.2 Å². The van der Waals surface area contributed by atoms with Crippen molar-refractivity contribution in [2.24, 2.45) is 5.11 Å². The zero-order chi connectivity index (χ0) is 13.4. The van der Waals surface area contributed by atoms with E-state index in [4.69, 9.17) is 17.1 Å². The van der Waals surface area contributed by atoms with E-state index in [1.54, 1.807) is 0 Å². The minimum absolute atomic E-state index is 0.0130. The standard InChI is InChI=1S/C11H12ClFN4O/c12-9-4-3-8(7-10(9)13)11(18)15-5-1-2-6-16-17-14/h3-4,7H,1-2,5-6H2,(H,15,18). The average Bonchev–Trinajstić information content (AvgIpc) is 2.36. The van der Waals surface area contributed by atoms with Crippen LogP contribution >= 0.6 is 11.6 Å². The van der Waals surface area contributed by atoms with Crippen LogP contribution in [-0.2, 0) is 0 Å². The van der Waals surface area contributed by atoms with E-state index < -0.39 is 5.82 Å². The van der Waals surface area contributed by atoms with Gasteiger partial charge in [0.05, 0.1) is 5.02 Å². The molecule has 0 aliphatic rings. The van der Waals surface area contributed by atoms with E-state index >= 15 is 0 Å². The zero-order valence-electron chi connectivity index (χ0n) is 9.57. The van der Waals surface area contributed by atoms with Crippen LogP contribution in [0.25, 0.3) is 10.4 Å². The highest BCUT2D eigenvalue weighted by molar-refractivity contribution is 6.30. The molecule has 0 bridgehead atoms. The summed E-state index contributed by atoms with van der Waals surface area (Å²) in [5.41, 5.74) is 8.28. The molecule has 96 valence electrons. The lowest BCUT2D eigenvalue weighted by atomic mass is 10.2. The molecular weight excluding hydrogens is 259 g/mol. The van der Waals surface area contributed by atoms with Crippen molar-refractivity contribution in [1.29, 1.82) is 0 Å². The van der Waals surface area contributed by atoms with Gasteiger partial charge in [-0.1, -0.05) is 16.7 Å². The normalized spacial score (nSPS) is 9.67. The van der Waals surface area contributed by atoms with Crippen molar-refractivity contribution in [3.05, 3.63) is 45.0 Å². The van der Waals surface area contributed by atoms with Gasteiger partial charge in [-0.2, -0.15) is 0 Å². The van der Waals surface area contributed by atoms with E-state index in [1.807, 2.05) is 0 Å². The maximum atomic E-state index is 13.1. The van der Waals surface area contributed by atoms with Crippen LogP contribution in [0.15, 0.2) is 23.3 Å². The van der Waals surface area contributed by atoms with Gasteiger partial charge in [0, 0.05) is 23.6 Å². The van der Waals surface area contributed by atoms with Gasteiger partial charge < -0.3 is 5.32 Å². The summed E-state index contributed by atoms with van der Waals surface area (Å²) >= 11 is 5.51. The van der Waals surface area contributed by atoms with Crippen LogP contribution < -0.4 is 5.32 Å². The van der Waals surface area contributed by atoms with E-state index in [-0.39, 0.29) is 16.5 Å². The highest BCUT2D eigenvalue weighted by Crippen LogP contribution is 2.15. The summed E-state index contributed by atoms with van der Waals surface area (Å²) in [6.45, 7) is 0.853. The average molecular weight is 271 g/mol. The maximum Gasteiger partial charge on any atom is 0.251 e. The van der Waals surface area contributed by atoms with Crippen LogP contribution in [0.4, 0.5) is 4.39 Å². The van der Waals surface area contributed by atoms with Crippen LogP contribution in [0.3, 0.4) is 0 Å². The van der Waals surface area contributed by atoms with Crippen molar-refractivity contribution in [3.63, 3.8) is 0 Å². The highest BCUT2D eigenvalue weighted by Gasteiger charge is 2.07. The van der Waals surface area contributed by atoms with Crippen molar-refractivity contribution >= 4 is 17.5 Å². The molecule has 7 heteroatoms. The Kier molecular flexibility index (Phi) is 5.97. The van der Waals surface area contributed by atoms with E-state index in [9.17, 15) is 9.18 Å². The number of nitrogens with one attached hydrogen (secondary N) is 1. The number of hydrogen-bond donors (Lipinski definition) is 1. The summed E-state index contributed by atoms with van der Waals surface area (Å²) in [7, 11) is 0. The summed E-state index contributed by atoms with van der Waals surface area (Å²) < 4.78 is 13.1. The lowest BCUT2D eigenvalue weighted by Crippen LogP contribution is -2.24. The molecule has 1 aromatic rings. The molecule has 0 atom stereocenters. The Morgan fingerprint density at radius 3 is 2.94 bits per heavy atom. The molecule has 1 amide bonds. The van der Waals surface area contributed by atoms with Gasteiger partial charge in [0.1, 0.15) is 5.82 Å². The first-order valence-corrected chi connectivity index (χ1v) is 5.77. The minimum atomic E-state index is -0.618. The lowest BCUT2D eigenvalue weighted by Gasteiger charge is -2.05. The second kappa shape index (κ2) is 7.53. The molecule has 1 rings (SSSR count). The van der Waals surface area contributed by atoms with Gasteiger partial charge in [0.2, 0.25) is 0 Å². The summed E-state index contributed by atoms with van der Waals surface area (Å²) in [5, 5.41) is 6.00. The van der Waals surface area contributed by atoms with Crippen molar-refractivity contribution in [1.82, 2.24) is 5.32 Å². The highest BCUT2D eigenvalue weighted by atomic mass is 35.5. The minimum Gasteiger partial charge on any atom is -0.352 e. The van der Waals surface area contributed by atoms with Crippen molar-refractivity contribution in [2.45, 2.75) is 12.8 Å². The SMILES string of the molecule is [N-]=[N+]=NCCCCNC(=O)c1ccc(Cl)c(F)c1. The van der Waals surface area contributed by atoms with Crippen molar-refractivity contribution in [3.8, 4) is 0 Å². The summed E-state index contributed by atoms with van der Waals surface area (Å²) in [6, 6.07) is 3.89. The molecule has 0 saturated carbocycles. The molecule has 0 aliphatic carbocycles. The number of carbonyl (C=O) groups is 1. The molecule has 0 aromatic heterocycles. The van der Waals surface area contributed by atoms with Crippen molar-refractivity contribution in [2.75, 3.05) is 13.1 Å². The summed E-state index contributed by atoms with van der Waals surface area (Å²) in [5.74, 6) is -0.970. The number of nitrogens with zero attached hydrogens (tertiary/aromatic N) is 3. The molecule has 1 N–H and O–H groups in total. The number of carbonyl (C=O) groups excluding carboxylic acids is 1. The van der Waals surface area contributed by atoms with E-state index in [0.717, 1.165) is 6.07 Å². The molecule has 0 aliphatic heterocycles. The van der Waals surface area contributed by atoms with Gasteiger partial charge in [-0.3, -0.25) is 4.79 Å². The number of amides is 1. The molecule has 18 heavy (non-hydrogen) atoms. The summed E-state index contributed by atoms with van der Waals surface area (Å²) in [6.07, 6.45) is 1.39. The van der Waals surface area contributed by atoms with E-state index in [0.29, 0.717) is 25.9 Å². The smallest absolute Gasteiger partial charge is 0.251 e. The molecule has 0 saturated heterocycles. The molecule has 1 aromatic carbocycles. The Labute approximate surface area is 109 Å². The third kappa shape index (κ3) is 4.61. The predicted molar refractivity (Wildman–Crippen MR) is 67.0 cm³/mol. The molecular formula is C11H12ClFN4O. The zero-order valence-corrected chi connectivity index (χ0v) is 10.3. The molecule has 0 spiro atoms. The third-order valence-corrected chi connectivity index (χ3v) is 2.52. The lowest BCUT2D eigenvalue weighted by molar-refractivity contribution is 0.0952. The largest absolute Gasteiger partial charge is 0.352 e. The number of hydrogen-bond acceptors (Lipinski definition) is 2. The maximum absolute atomic E-state index is 13.1. The van der Waals surface area contributed by atoms with Gasteiger partial charge in [0.15, 0.2) is 0 Å². The van der Waals surface area contributed by atoms with Gasteiger partial charge >= 0.3 is 0 Å². The molecule has 0 unspecified atom stereocenters. The Morgan fingerprint density at radius 2 is 2.28 bits per heavy atom. The van der Waals surface area contributed by atoms with E-state index in [1.165, 1.54) is 12.1 Å². The van der Waals surface area contributed by atoms with Gasteiger partial charge in [0.25, 0.3) is 5.91 Å². The molecule has 0 fully saturated rings. The quantitative estimate of drug-likeness (QED) is 0.366. The van der Waals surface area contributed by atoms with Crippen LogP contribution in [-0.4, -0.2) is 19.0 Å². The fourth-order valence-corrected chi connectivity index (χ4v) is 1.41. The molecule has 0 radical (unpaired) electrons. The van der Waals surface area contributed by atoms with Crippen LogP contribution in [0, 0.1) is 5.82 Å². The second-order valence-corrected chi connectivity index (χ2v) is 3.95. The molecule has 0 heterocycles. The van der Waals surface area contributed by atoms with Crippen molar-refractivity contribution < 1.29 is 9.18 Å². The Bertz CT molecular complexity index is 474. The predicted octanol–water partition coefficient (Wildman–Crippen LogP) is 3.30. The number of azide groups is 1. The van der Waals surface area contributed by atoms with E-state index in [2.05, 4.69) is 15.3 Å². The number of benzene rings is 1. The molecule has 5 nitrogen and oxygen atoms in total. The van der Waals surface area contributed by atoms with Gasteiger partial charge in [-0.25, -0.2) is 4.39 Å². The van der Waals surface area contributed by atoms with Gasteiger partial charge in [-0.05, 0) is 36.6 Å². The monoisotopic (exact) mass is 270 g/mol. The van der Waals surface area contributed by atoms with Crippen LogP contribution in [0.5, 0.6) is 0 Å². The Hall–Kier alpha value is -1.78. The fraction of sp³-hybridized carbons (Fsp3) is 0.364. The Balaban J connectivity index is 2.36. The summed E-state index contributed by atoms with van der Waals surface area (Å²) in [4.78, 5) is 14.2.